The maximum Gasteiger partial charge on any atom is 0.396 e. The lowest BCUT2D eigenvalue weighted by atomic mass is 10.4. The van der Waals surface area contributed by atoms with E-state index in [4.69, 9.17) is 0 Å². The highest BCUT2D eigenvalue weighted by molar-refractivity contribution is 7.99. The number of carbonyl (C=O) groups is 2. The maximum atomic E-state index is 10.8. The van der Waals surface area contributed by atoms with Crippen LogP contribution in [0.5, 0.6) is 0 Å². The molecule has 0 radical (unpaired) electrons. The van der Waals surface area contributed by atoms with Crippen LogP contribution < -0.4 is 5.32 Å². The molecule has 0 aromatic heterocycles. The molecule has 70 valence electrons. The van der Waals surface area contributed by atoms with Crippen LogP contribution in [0, 0.1) is 0 Å². The lowest BCUT2D eigenvalue weighted by Crippen LogP contribution is -2.35. The SMILES string of the molecule is COC(=O)C(=O)NCC(C)SC. The van der Waals surface area contributed by atoms with Gasteiger partial charge in [0.1, 0.15) is 0 Å². The predicted octanol–water partition coefficient (Wildman–Crippen LogP) is 0.0271. The maximum absolute atomic E-state index is 10.8. The van der Waals surface area contributed by atoms with Crippen LogP contribution >= 0.6 is 11.8 Å². The van der Waals surface area contributed by atoms with Crippen molar-refractivity contribution in [2.45, 2.75) is 12.2 Å². The molecule has 12 heavy (non-hydrogen) atoms. The van der Waals surface area contributed by atoms with Crippen molar-refractivity contribution in [3.05, 3.63) is 0 Å². The van der Waals surface area contributed by atoms with Crippen LogP contribution in [-0.2, 0) is 14.3 Å². The molecule has 0 spiro atoms. The first-order valence-corrected chi connectivity index (χ1v) is 4.79. The minimum Gasteiger partial charge on any atom is -0.462 e. The topological polar surface area (TPSA) is 55.4 Å². The van der Waals surface area contributed by atoms with Crippen molar-refractivity contribution in [3.63, 3.8) is 0 Å². The van der Waals surface area contributed by atoms with Crippen LogP contribution in [0.4, 0.5) is 0 Å². The van der Waals surface area contributed by atoms with Gasteiger partial charge in [0.2, 0.25) is 0 Å². The molecule has 0 rings (SSSR count). The molecule has 0 saturated carbocycles. The number of hydrogen-bond acceptors (Lipinski definition) is 4. The number of hydrogen-bond donors (Lipinski definition) is 1. The van der Waals surface area contributed by atoms with E-state index < -0.39 is 11.9 Å². The monoisotopic (exact) mass is 191 g/mol. The van der Waals surface area contributed by atoms with Gasteiger partial charge in [-0.2, -0.15) is 11.8 Å². The molecule has 0 aliphatic rings. The van der Waals surface area contributed by atoms with Gasteiger partial charge < -0.3 is 10.1 Å². The van der Waals surface area contributed by atoms with Gasteiger partial charge in [0.25, 0.3) is 0 Å². The van der Waals surface area contributed by atoms with Crippen molar-refractivity contribution < 1.29 is 14.3 Å². The van der Waals surface area contributed by atoms with Crippen molar-refractivity contribution in [1.82, 2.24) is 5.32 Å². The molecule has 0 aliphatic carbocycles. The standard InChI is InChI=1S/C7H13NO3S/c1-5(12-3)4-8-6(9)7(10)11-2/h5H,4H2,1-3H3,(H,8,9). The Bertz CT molecular complexity index is 172. The van der Waals surface area contributed by atoms with Crippen LogP contribution in [0.1, 0.15) is 6.92 Å². The molecule has 0 aliphatic heterocycles. The third-order valence-electron chi connectivity index (χ3n) is 1.32. The number of nitrogens with one attached hydrogen (secondary N) is 1. The summed E-state index contributed by atoms with van der Waals surface area (Å²) in [6.45, 7) is 2.44. The fraction of sp³-hybridized carbons (Fsp3) is 0.714. The Labute approximate surface area is 76.0 Å². The van der Waals surface area contributed by atoms with Crippen molar-refractivity contribution in [3.8, 4) is 0 Å². The minimum absolute atomic E-state index is 0.304. The summed E-state index contributed by atoms with van der Waals surface area (Å²) in [6.07, 6.45) is 1.94. The third kappa shape index (κ3) is 4.23. The molecule has 1 N–H and O–H groups in total. The highest BCUT2D eigenvalue weighted by Gasteiger charge is 2.13. The second kappa shape index (κ2) is 5.88. The molecule has 1 atom stereocenters. The normalized spacial score (nSPS) is 11.9. The fourth-order valence-electron chi connectivity index (χ4n) is 0.485. The van der Waals surface area contributed by atoms with E-state index in [0.29, 0.717) is 11.8 Å². The lowest BCUT2D eigenvalue weighted by Gasteiger charge is -2.07. The van der Waals surface area contributed by atoms with Crippen molar-refractivity contribution in [2.75, 3.05) is 19.9 Å². The Morgan fingerprint density at radius 2 is 2.17 bits per heavy atom. The quantitative estimate of drug-likeness (QED) is 0.505. The second-order valence-electron chi connectivity index (χ2n) is 2.25. The van der Waals surface area contributed by atoms with Crippen molar-refractivity contribution in [1.29, 1.82) is 0 Å². The molecule has 0 fully saturated rings. The second-order valence-corrected chi connectivity index (χ2v) is 3.52. The van der Waals surface area contributed by atoms with Crippen LogP contribution in [0.15, 0.2) is 0 Å². The van der Waals surface area contributed by atoms with Gasteiger partial charge in [0.15, 0.2) is 0 Å². The lowest BCUT2D eigenvalue weighted by molar-refractivity contribution is -0.152. The largest absolute Gasteiger partial charge is 0.462 e. The summed E-state index contributed by atoms with van der Waals surface area (Å²) in [6, 6.07) is 0. The van der Waals surface area contributed by atoms with E-state index in [1.807, 2.05) is 13.2 Å². The highest BCUT2D eigenvalue weighted by atomic mass is 32.2. The molecule has 0 aromatic carbocycles. The smallest absolute Gasteiger partial charge is 0.396 e. The summed E-state index contributed by atoms with van der Waals surface area (Å²) >= 11 is 1.62. The molecule has 1 amide bonds. The molecule has 4 nitrogen and oxygen atoms in total. The van der Waals surface area contributed by atoms with Crippen LogP contribution in [0.25, 0.3) is 0 Å². The van der Waals surface area contributed by atoms with E-state index in [9.17, 15) is 9.59 Å². The zero-order valence-electron chi connectivity index (χ0n) is 7.42. The molecular formula is C7H13NO3S. The van der Waals surface area contributed by atoms with E-state index in [1.54, 1.807) is 11.8 Å². The Kier molecular flexibility index (Phi) is 5.53. The Morgan fingerprint density at radius 1 is 1.58 bits per heavy atom. The molecule has 0 saturated heterocycles. The van der Waals surface area contributed by atoms with Crippen LogP contribution in [-0.4, -0.2) is 37.0 Å². The number of rotatable bonds is 3. The van der Waals surface area contributed by atoms with E-state index >= 15 is 0 Å². The Balaban J connectivity index is 3.64. The molecule has 0 bridgehead atoms. The number of esters is 1. The van der Waals surface area contributed by atoms with E-state index in [2.05, 4.69) is 10.1 Å². The number of carbonyl (C=O) groups excluding carboxylic acids is 2. The highest BCUT2D eigenvalue weighted by Crippen LogP contribution is 2.02. The molecular weight excluding hydrogens is 178 g/mol. The van der Waals surface area contributed by atoms with Gasteiger partial charge in [0.05, 0.1) is 7.11 Å². The zero-order chi connectivity index (χ0) is 9.56. The molecule has 0 aromatic rings. The molecule has 5 heteroatoms. The van der Waals surface area contributed by atoms with Crippen LogP contribution in [0.3, 0.4) is 0 Å². The van der Waals surface area contributed by atoms with E-state index in [1.165, 1.54) is 7.11 Å². The van der Waals surface area contributed by atoms with Gasteiger partial charge >= 0.3 is 11.9 Å². The average Bonchev–Trinajstić information content (AvgIpc) is 2.11. The summed E-state index contributed by atoms with van der Waals surface area (Å²) in [5.41, 5.74) is 0. The van der Waals surface area contributed by atoms with Gasteiger partial charge in [0, 0.05) is 11.8 Å². The Morgan fingerprint density at radius 3 is 2.58 bits per heavy atom. The van der Waals surface area contributed by atoms with E-state index in [0.717, 1.165) is 0 Å². The van der Waals surface area contributed by atoms with Crippen molar-refractivity contribution in [2.24, 2.45) is 0 Å². The van der Waals surface area contributed by atoms with Crippen LogP contribution in [0.2, 0.25) is 0 Å². The summed E-state index contributed by atoms with van der Waals surface area (Å²) in [5.74, 6) is -1.53. The first-order chi connectivity index (χ1) is 5.61. The summed E-state index contributed by atoms with van der Waals surface area (Å²) in [7, 11) is 1.18. The average molecular weight is 191 g/mol. The summed E-state index contributed by atoms with van der Waals surface area (Å²) in [4.78, 5) is 21.4. The zero-order valence-corrected chi connectivity index (χ0v) is 8.23. The summed E-state index contributed by atoms with van der Waals surface area (Å²) < 4.78 is 4.22. The van der Waals surface area contributed by atoms with Crippen molar-refractivity contribution >= 4 is 23.6 Å². The van der Waals surface area contributed by atoms with Gasteiger partial charge in [-0.3, -0.25) is 4.79 Å². The molecule has 0 heterocycles. The number of ether oxygens (including phenoxy) is 1. The van der Waals surface area contributed by atoms with Gasteiger partial charge in [-0.1, -0.05) is 6.92 Å². The van der Waals surface area contributed by atoms with Gasteiger partial charge in [-0.15, -0.1) is 0 Å². The van der Waals surface area contributed by atoms with E-state index in [-0.39, 0.29) is 0 Å². The first kappa shape index (κ1) is 11.3. The number of amides is 1. The van der Waals surface area contributed by atoms with Gasteiger partial charge in [-0.25, -0.2) is 4.79 Å². The number of thioether (sulfide) groups is 1. The first-order valence-electron chi connectivity index (χ1n) is 3.50. The minimum atomic E-state index is -0.844. The summed E-state index contributed by atoms with van der Waals surface area (Å²) in [5, 5.41) is 2.75. The predicted molar refractivity (Wildman–Crippen MR) is 48.0 cm³/mol. The molecule has 1 unspecified atom stereocenters. The third-order valence-corrected chi connectivity index (χ3v) is 2.29. The van der Waals surface area contributed by atoms with Gasteiger partial charge in [-0.05, 0) is 6.26 Å². The fourth-order valence-corrected chi connectivity index (χ4v) is 0.735. The number of methoxy groups -OCH3 is 1. The Hall–Kier alpha value is -0.710.